The van der Waals surface area contributed by atoms with Crippen LogP contribution in [0.5, 0.6) is 0 Å². The summed E-state index contributed by atoms with van der Waals surface area (Å²) in [7, 11) is 1.60. The molecule has 0 bridgehead atoms. The third-order valence-electron chi connectivity index (χ3n) is 5.66. The number of hydrogen-bond acceptors (Lipinski definition) is 6. The molecule has 1 aromatic carbocycles. The largest absolute Gasteiger partial charge is 0.466 e. The number of amides is 2. The number of likely N-dealkylation sites (N-methyl/N-ethyl adjacent to an activating group) is 1. The maximum atomic E-state index is 12.8. The van der Waals surface area contributed by atoms with Crippen LogP contribution in [-0.2, 0) is 14.3 Å². The van der Waals surface area contributed by atoms with E-state index < -0.39 is 0 Å². The van der Waals surface area contributed by atoms with Crippen molar-refractivity contribution in [2.75, 3.05) is 33.3 Å². The molecule has 8 heteroatoms. The Morgan fingerprint density at radius 1 is 1.25 bits per heavy atom. The average Bonchev–Trinajstić information content (AvgIpc) is 3.29. The van der Waals surface area contributed by atoms with E-state index in [1.54, 1.807) is 24.3 Å². The Kier molecular flexibility index (Phi) is 8.01. The summed E-state index contributed by atoms with van der Waals surface area (Å²) in [5.74, 6) is -0.563. The van der Waals surface area contributed by atoms with Crippen molar-refractivity contribution in [1.82, 2.24) is 14.8 Å². The highest BCUT2D eigenvalue weighted by Crippen LogP contribution is 2.26. The molecule has 0 aliphatic carbocycles. The number of esters is 1. The summed E-state index contributed by atoms with van der Waals surface area (Å²) in [5, 5.41) is 2.50. The number of rotatable bonds is 7. The summed E-state index contributed by atoms with van der Waals surface area (Å²) in [6, 6.07) is 8.20. The molecule has 1 aliphatic heterocycles. The Morgan fingerprint density at radius 3 is 2.62 bits per heavy atom. The molecule has 3 rings (SSSR count). The van der Waals surface area contributed by atoms with E-state index in [9.17, 15) is 14.4 Å². The topological polar surface area (TPSA) is 79.8 Å². The summed E-state index contributed by atoms with van der Waals surface area (Å²) in [4.78, 5) is 45.1. The first-order valence-corrected chi connectivity index (χ1v) is 11.9. The molecule has 1 saturated heterocycles. The highest BCUT2D eigenvalue weighted by Gasteiger charge is 2.30. The Balaban J connectivity index is 1.60. The Labute approximate surface area is 193 Å². The zero-order valence-corrected chi connectivity index (χ0v) is 20.0. The first-order valence-electron chi connectivity index (χ1n) is 11.1. The molecule has 1 aliphatic rings. The number of hydrogen-bond donors (Lipinski definition) is 0. The van der Waals surface area contributed by atoms with E-state index in [0.717, 1.165) is 23.4 Å². The van der Waals surface area contributed by atoms with Gasteiger partial charge in [-0.2, -0.15) is 0 Å². The van der Waals surface area contributed by atoms with E-state index in [-0.39, 0.29) is 30.2 Å². The second-order valence-electron chi connectivity index (χ2n) is 8.41. The molecule has 1 atom stereocenters. The number of ether oxygens (including phenoxy) is 1. The van der Waals surface area contributed by atoms with Gasteiger partial charge in [0.1, 0.15) is 10.7 Å². The number of carbonyl (C=O) groups is 3. The van der Waals surface area contributed by atoms with Gasteiger partial charge in [-0.3, -0.25) is 14.4 Å². The van der Waals surface area contributed by atoms with Crippen molar-refractivity contribution in [1.29, 1.82) is 0 Å². The van der Waals surface area contributed by atoms with Crippen LogP contribution in [0.3, 0.4) is 0 Å². The molecule has 172 valence electrons. The van der Waals surface area contributed by atoms with Crippen molar-refractivity contribution in [2.45, 2.75) is 39.5 Å². The number of thiazole rings is 1. The fourth-order valence-corrected chi connectivity index (χ4v) is 4.54. The number of carbonyl (C=O) groups excluding carboxylic acids is 3. The highest BCUT2D eigenvalue weighted by molar-refractivity contribution is 7.13. The molecule has 0 saturated carbocycles. The SMILES string of the molecule is CCOC(=O)C1CCCN(C(=O)CN(C)C(=O)c2csc(-c3ccc(C(C)C)cc3)n2)C1. The van der Waals surface area contributed by atoms with Crippen LogP contribution in [0.25, 0.3) is 10.6 Å². The smallest absolute Gasteiger partial charge is 0.310 e. The van der Waals surface area contributed by atoms with E-state index in [2.05, 4.69) is 31.0 Å². The van der Waals surface area contributed by atoms with Crippen LogP contribution in [0.4, 0.5) is 0 Å². The average molecular weight is 458 g/mol. The van der Waals surface area contributed by atoms with Crippen molar-refractivity contribution < 1.29 is 19.1 Å². The quantitative estimate of drug-likeness (QED) is 0.591. The van der Waals surface area contributed by atoms with Crippen LogP contribution in [0.2, 0.25) is 0 Å². The monoisotopic (exact) mass is 457 g/mol. The van der Waals surface area contributed by atoms with Gasteiger partial charge >= 0.3 is 5.97 Å². The molecule has 0 spiro atoms. The van der Waals surface area contributed by atoms with Gasteiger partial charge in [-0.1, -0.05) is 38.1 Å². The Bertz CT molecular complexity index is 954. The first-order chi connectivity index (χ1) is 15.3. The van der Waals surface area contributed by atoms with Crippen LogP contribution >= 0.6 is 11.3 Å². The van der Waals surface area contributed by atoms with Crippen LogP contribution in [-0.4, -0.2) is 65.9 Å². The predicted molar refractivity (Wildman–Crippen MR) is 125 cm³/mol. The number of likely N-dealkylation sites (tertiary alicyclic amines) is 1. The molecule has 2 amide bonds. The molecular formula is C24H31N3O4S. The maximum absolute atomic E-state index is 12.8. The van der Waals surface area contributed by atoms with Gasteiger partial charge in [-0.15, -0.1) is 11.3 Å². The summed E-state index contributed by atoms with van der Waals surface area (Å²) >= 11 is 1.41. The summed E-state index contributed by atoms with van der Waals surface area (Å²) in [6.07, 6.45) is 1.47. The molecular weight excluding hydrogens is 426 g/mol. The summed E-state index contributed by atoms with van der Waals surface area (Å²) in [6.45, 7) is 7.27. The van der Waals surface area contributed by atoms with Gasteiger partial charge in [-0.05, 0) is 31.2 Å². The lowest BCUT2D eigenvalue weighted by molar-refractivity contribution is -0.151. The number of nitrogens with zero attached hydrogens (tertiary/aromatic N) is 3. The van der Waals surface area contributed by atoms with Crippen LogP contribution in [0.1, 0.15) is 55.6 Å². The number of aromatic nitrogens is 1. The number of benzene rings is 1. The molecule has 1 aromatic heterocycles. The minimum Gasteiger partial charge on any atom is -0.466 e. The standard InChI is InChI=1S/C24H31N3O4S/c1-5-31-24(30)19-7-6-12-27(13-19)21(28)14-26(4)23(29)20-15-32-22(25-20)18-10-8-17(9-11-18)16(2)3/h8-11,15-16,19H,5-7,12-14H2,1-4H3. The molecule has 1 fully saturated rings. The second kappa shape index (κ2) is 10.7. The van der Waals surface area contributed by atoms with Gasteiger partial charge in [0.05, 0.1) is 19.1 Å². The normalized spacial score (nSPS) is 16.2. The lowest BCUT2D eigenvalue weighted by Gasteiger charge is -2.32. The van der Waals surface area contributed by atoms with Crippen LogP contribution < -0.4 is 0 Å². The minimum atomic E-state index is -0.295. The third kappa shape index (κ3) is 5.73. The van der Waals surface area contributed by atoms with E-state index in [1.165, 1.54) is 21.8 Å². The van der Waals surface area contributed by atoms with Crippen molar-refractivity contribution in [2.24, 2.45) is 5.92 Å². The molecule has 2 aromatic rings. The molecule has 0 N–H and O–H groups in total. The second-order valence-corrected chi connectivity index (χ2v) is 9.26. The van der Waals surface area contributed by atoms with E-state index in [0.29, 0.717) is 31.3 Å². The van der Waals surface area contributed by atoms with Crippen molar-refractivity contribution in [3.05, 3.63) is 40.9 Å². The van der Waals surface area contributed by atoms with Gasteiger partial charge in [0.2, 0.25) is 5.91 Å². The minimum absolute atomic E-state index is 0.0513. The molecule has 2 heterocycles. The molecule has 7 nitrogen and oxygen atoms in total. The lowest BCUT2D eigenvalue weighted by atomic mass is 9.98. The van der Waals surface area contributed by atoms with Gasteiger partial charge in [-0.25, -0.2) is 4.98 Å². The van der Waals surface area contributed by atoms with Gasteiger partial charge in [0, 0.05) is 31.1 Å². The van der Waals surface area contributed by atoms with Gasteiger partial charge in [0.25, 0.3) is 5.91 Å². The number of piperidine rings is 1. The zero-order chi connectivity index (χ0) is 23.3. The highest BCUT2D eigenvalue weighted by atomic mass is 32.1. The fourth-order valence-electron chi connectivity index (χ4n) is 3.74. The van der Waals surface area contributed by atoms with Crippen molar-refractivity contribution in [3.8, 4) is 10.6 Å². The fraction of sp³-hybridized carbons (Fsp3) is 0.500. The third-order valence-corrected chi connectivity index (χ3v) is 6.55. The van der Waals surface area contributed by atoms with E-state index >= 15 is 0 Å². The van der Waals surface area contributed by atoms with Crippen molar-refractivity contribution >= 4 is 29.1 Å². The van der Waals surface area contributed by atoms with Crippen LogP contribution in [0.15, 0.2) is 29.6 Å². The summed E-state index contributed by atoms with van der Waals surface area (Å²) in [5.41, 5.74) is 2.55. The molecule has 0 radical (unpaired) electrons. The van der Waals surface area contributed by atoms with Gasteiger partial charge < -0.3 is 14.5 Å². The first kappa shape index (κ1) is 23.9. The van der Waals surface area contributed by atoms with Gasteiger partial charge in [0.15, 0.2) is 0 Å². The summed E-state index contributed by atoms with van der Waals surface area (Å²) < 4.78 is 5.09. The van der Waals surface area contributed by atoms with Crippen molar-refractivity contribution in [3.63, 3.8) is 0 Å². The molecule has 32 heavy (non-hydrogen) atoms. The van der Waals surface area contributed by atoms with E-state index in [4.69, 9.17) is 4.74 Å². The Hall–Kier alpha value is -2.74. The van der Waals surface area contributed by atoms with E-state index in [1.807, 2.05) is 12.1 Å². The molecule has 1 unspecified atom stereocenters. The predicted octanol–water partition coefficient (Wildman–Crippen LogP) is 3.81. The Morgan fingerprint density at radius 2 is 1.97 bits per heavy atom. The maximum Gasteiger partial charge on any atom is 0.310 e. The van der Waals surface area contributed by atoms with Crippen LogP contribution in [0, 0.1) is 5.92 Å². The zero-order valence-electron chi connectivity index (χ0n) is 19.2. The lowest BCUT2D eigenvalue weighted by Crippen LogP contribution is -2.47.